The van der Waals surface area contributed by atoms with Gasteiger partial charge < -0.3 is 26.0 Å². The number of hydrogen-bond donors (Lipinski definition) is 5. The Morgan fingerprint density at radius 2 is 1.89 bits per heavy atom. The summed E-state index contributed by atoms with van der Waals surface area (Å²) in [6, 6.07) is 0. The monoisotopic (exact) mass is 260 g/mol. The molecule has 0 aliphatic carbocycles. The second kappa shape index (κ2) is 6.43. The van der Waals surface area contributed by atoms with E-state index in [1.807, 2.05) is 6.92 Å². The molecule has 5 N–H and O–H groups in total. The molecule has 0 aromatic carbocycles. The fourth-order valence-corrected chi connectivity index (χ4v) is 1.22. The molecule has 0 atom stereocenters. The van der Waals surface area contributed by atoms with Crippen LogP contribution in [0.2, 0.25) is 0 Å². The Hall–Kier alpha value is -1.51. The van der Waals surface area contributed by atoms with Crippen molar-refractivity contribution in [2.45, 2.75) is 12.5 Å². The van der Waals surface area contributed by atoms with E-state index in [-0.39, 0.29) is 11.8 Å². The Morgan fingerprint density at radius 1 is 1.28 bits per heavy atom. The molecule has 0 spiro atoms. The van der Waals surface area contributed by atoms with E-state index >= 15 is 0 Å². The van der Waals surface area contributed by atoms with Gasteiger partial charge in [0.25, 0.3) is 0 Å². The molecule has 0 radical (unpaired) electrons. The smallest absolute Gasteiger partial charge is 0.224 e. The lowest BCUT2D eigenvalue weighted by Crippen LogP contribution is -2.49. The van der Waals surface area contributed by atoms with Crippen LogP contribution in [0.3, 0.4) is 0 Å². The van der Waals surface area contributed by atoms with Crippen LogP contribution in [0.1, 0.15) is 6.92 Å². The first-order valence-electron chi connectivity index (χ1n) is 5.48. The Kier molecular flexibility index (Phi) is 5.20. The number of anilines is 2. The Labute approximate surface area is 104 Å². The maximum Gasteiger partial charge on any atom is 0.224 e. The van der Waals surface area contributed by atoms with E-state index in [4.69, 9.17) is 15.3 Å². The first-order chi connectivity index (χ1) is 8.60. The molecular weight excluding hydrogens is 243 g/mol. The van der Waals surface area contributed by atoms with E-state index in [0.29, 0.717) is 6.54 Å². The van der Waals surface area contributed by atoms with Crippen LogP contribution in [0.5, 0.6) is 0 Å². The molecule has 0 aliphatic rings. The van der Waals surface area contributed by atoms with E-state index in [2.05, 4.69) is 20.6 Å². The number of nitrogens with one attached hydrogen (secondary N) is 2. The van der Waals surface area contributed by atoms with Crippen LogP contribution in [0.15, 0.2) is 6.20 Å². The van der Waals surface area contributed by atoms with Crippen molar-refractivity contribution in [3.63, 3.8) is 0 Å². The minimum absolute atomic E-state index is 0.196. The molecular formula is C10H17FN4O3. The van der Waals surface area contributed by atoms with Gasteiger partial charge in [0.2, 0.25) is 5.95 Å². The van der Waals surface area contributed by atoms with Crippen molar-refractivity contribution in [1.29, 1.82) is 0 Å². The highest BCUT2D eigenvalue weighted by molar-refractivity contribution is 5.43. The minimum Gasteiger partial charge on any atom is -0.394 e. The van der Waals surface area contributed by atoms with E-state index in [9.17, 15) is 4.39 Å². The maximum absolute atomic E-state index is 13.5. The molecule has 1 aromatic heterocycles. The second-order valence-electron chi connectivity index (χ2n) is 3.80. The van der Waals surface area contributed by atoms with E-state index in [1.54, 1.807) is 0 Å². The number of aliphatic hydroxyl groups excluding tert-OH is 3. The van der Waals surface area contributed by atoms with Crippen molar-refractivity contribution in [1.82, 2.24) is 9.97 Å². The molecule has 1 aromatic rings. The van der Waals surface area contributed by atoms with Crippen LogP contribution >= 0.6 is 0 Å². The van der Waals surface area contributed by atoms with Crippen molar-refractivity contribution in [3.8, 4) is 0 Å². The van der Waals surface area contributed by atoms with Gasteiger partial charge in [-0.05, 0) is 6.92 Å². The number of hydrogen-bond acceptors (Lipinski definition) is 7. The zero-order valence-electron chi connectivity index (χ0n) is 10.0. The van der Waals surface area contributed by atoms with Gasteiger partial charge in [0.05, 0.1) is 26.0 Å². The molecule has 18 heavy (non-hydrogen) atoms. The zero-order chi connectivity index (χ0) is 13.6. The molecule has 8 heteroatoms. The van der Waals surface area contributed by atoms with Crippen LogP contribution in [0, 0.1) is 5.82 Å². The zero-order valence-corrected chi connectivity index (χ0v) is 10.0. The van der Waals surface area contributed by atoms with E-state index in [0.717, 1.165) is 6.20 Å². The molecule has 1 heterocycles. The average molecular weight is 260 g/mol. The Balaban J connectivity index is 2.97. The molecule has 0 bridgehead atoms. The summed E-state index contributed by atoms with van der Waals surface area (Å²) < 4.78 is 13.5. The molecule has 1 rings (SSSR count). The summed E-state index contributed by atoms with van der Waals surface area (Å²) in [7, 11) is 0. The highest BCUT2D eigenvalue weighted by atomic mass is 19.1. The van der Waals surface area contributed by atoms with Gasteiger partial charge in [0.1, 0.15) is 5.54 Å². The molecule has 102 valence electrons. The number of rotatable bonds is 7. The Bertz CT molecular complexity index is 379. The molecule has 7 nitrogen and oxygen atoms in total. The number of aliphatic hydroxyl groups is 3. The van der Waals surface area contributed by atoms with Crippen molar-refractivity contribution >= 4 is 11.8 Å². The topological polar surface area (TPSA) is 111 Å². The first-order valence-corrected chi connectivity index (χ1v) is 5.48. The Morgan fingerprint density at radius 3 is 2.39 bits per heavy atom. The summed E-state index contributed by atoms with van der Waals surface area (Å²) in [5.41, 5.74) is -1.43. The van der Waals surface area contributed by atoms with Crippen molar-refractivity contribution < 1.29 is 19.7 Å². The maximum atomic E-state index is 13.5. The van der Waals surface area contributed by atoms with Gasteiger partial charge in [0.15, 0.2) is 11.6 Å². The van der Waals surface area contributed by atoms with Gasteiger partial charge in [-0.1, -0.05) is 0 Å². The average Bonchev–Trinajstić information content (AvgIpc) is 2.40. The highest BCUT2D eigenvalue weighted by Crippen LogP contribution is 2.17. The van der Waals surface area contributed by atoms with Crippen molar-refractivity contribution in [2.75, 3.05) is 37.0 Å². The lowest BCUT2D eigenvalue weighted by Gasteiger charge is -2.29. The lowest BCUT2D eigenvalue weighted by molar-refractivity contribution is 0.0828. The quantitative estimate of drug-likeness (QED) is 0.435. The third-order valence-electron chi connectivity index (χ3n) is 2.37. The number of halogens is 1. The SMILES string of the molecule is CCNc1ncc(F)c(NC(CO)(CO)CO)n1. The van der Waals surface area contributed by atoms with Gasteiger partial charge in [-0.2, -0.15) is 4.98 Å². The molecule has 0 unspecified atom stereocenters. The van der Waals surface area contributed by atoms with E-state index < -0.39 is 31.2 Å². The predicted molar refractivity (Wildman–Crippen MR) is 63.8 cm³/mol. The van der Waals surface area contributed by atoms with Crippen LogP contribution in [-0.4, -0.2) is 57.2 Å². The summed E-state index contributed by atoms with van der Waals surface area (Å²) in [4.78, 5) is 7.56. The normalized spacial score (nSPS) is 11.4. The van der Waals surface area contributed by atoms with Crippen molar-refractivity contribution in [2.24, 2.45) is 0 Å². The predicted octanol–water partition coefficient (Wildman–Crippen LogP) is -0.825. The van der Waals surface area contributed by atoms with Crippen LogP contribution in [-0.2, 0) is 0 Å². The molecule has 0 fully saturated rings. The largest absolute Gasteiger partial charge is 0.394 e. The fourth-order valence-electron chi connectivity index (χ4n) is 1.22. The number of nitrogens with zero attached hydrogens (tertiary/aromatic N) is 2. The summed E-state index contributed by atoms with van der Waals surface area (Å²) >= 11 is 0. The van der Waals surface area contributed by atoms with Gasteiger partial charge in [-0.15, -0.1) is 0 Å². The molecule has 0 saturated heterocycles. The summed E-state index contributed by atoms with van der Waals surface area (Å²) in [5.74, 6) is -0.724. The number of aromatic nitrogens is 2. The highest BCUT2D eigenvalue weighted by Gasteiger charge is 2.29. The lowest BCUT2D eigenvalue weighted by atomic mass is 10.0. The standard InChI is InChI=1S/C10H17FN4O3/c1-2-12-9-13-3-7(11)8(14-9)15-10(4-16,5-17)6-18/h3,16-18H,2,4-6H2,1H3,(H2,12,13,14,15). The van der Waals surface area contributed by atoms with Crippen LogP contribution in [0.4, 0.5) is 16.2 Å². The summed E-state index contributed by atoms with van der Waals surface area (Å²) in [6.45, 7) is 0.690. The summed E-state index contributed by atoms with van der Waals surface area (Å²) in [6.07, 6.45) is 0.963. The summed E-state index contributed by atoms with van der Waals surface area (Å²) in [5, 5.41) is 32.7. The van der Waals surface area contributed by atoms with E-state index in [1.165, 1.54) is 0 Å². The molecule has 0 amide bonds. The van der Waals surface area contributed by atoms with Crippen molar-refractivity contribution in [3.05, 3.63) is 12.0 Å². The molecule has 0 aliphatic heterocycles. The first kappa shape index (κ1) is 14.6. The van der Waals surface area contributed by atoms with Crippen LogP contribution < -0.4 is 10.6 Å². The third kappa shape index (κ3) is 3.25. The second-order valence-corrected chi connectivity index (χ2v) is 3.80. The van der Waals surface area contributed by atoms with Gasteiger partial charge in [-0.3, -0.25) is 0 Å². The molecule has 0 saturated carbocycles. The van der Waals surface area contributed by atoms with Gasteiger partial charge in [0, 0.05) is 6.54 Å². The minimum atomic E-state index is -1.43. The van der Waals surface area contributed by atoms with Gasteiger partial charge >= 0.3 is 0 Å². The third-order valence-corrected chi connectivity index (χ3v) is 2.37. The fraction of sp³-hybridized carbons (Fsp3) is 0.600. The van der Waals surface area contributed by atoms with Crippen LogP contribution in [0.25, 0.3) is 0 Å². The van der Waals surface area contributed by atoms with Gasteiger partial charge in [-0.25, -0.2) is 9.37 Å².